The summed E-state index contributed by atoms with van der Waals surface area (Å²) in [6.45, 7) is 11.3. The van der Waals surface area contributed by atoms with Gasteiger partial charge in [0.15, 0.2) is 23.0 Å². The molecule has 0 aliphatic rings. The monoisotopic (exact) mass is 598 g/mol. The van der Waals surface area contributed by atoms with Gasteiger partial charge in [-0.2, -0.15) is 0 Å². The van der Waals surface area contributed by atoms with Crippen LogP contribution in [0.3, 0.4) is 0 Å². The fourth-order valence-corrected chi connectivity index (χ4v) is 4.31. The predicted octanol–water partition coefficient (Wildman–Crippen LogP) is 9.59. The maximum Gasteiger partial charge on any atom is 0.162 e. The first-order chi connectivity index (χ1) is 16.5. The molecule has 0 saturated carbocycles. The minimum absolute atomic E-state index is 0.665. The lowest BCUT2D eigenvalue weighted by atomic mass is 10.0. The molecule has 2 aromatic rings. The van der Waals surface area contributed by atoms with E-state index in [0.717, 1.165) is 94.4 Å². The molecule has 2 aromatic carbocycles. The summed E-state index contributed by atoms with van der Waals surface area (Å²) >= 11 is 7.55. The van der Waals surface area contributed by atoms with Crippen molar-refractivity contribution in [3.05, 3.63) is 33.2 Å². The molecule has 0 spiro atoms. The Morgan fingerprint density at radius 1 is 0.471 bits per heavy atom. The van der Waals surface area contributed by atoms with Gasteiger partial charge >= 0.3 is 0 Å². The molecule has 0 radical (unpaired) electrons. The van der Waals surface area contributed by atoms with Gasteiger partial charge in [0.2, 0.25) is 0 Å². The lowest BCUT2D eigenvalue weighted by molar-refractivity contribution is 0.261. The van der Waals surface area contributed by atoms with Gasteiger partial charge < -0.3 is 18.9 Å². The molecule has 6 heteroatoms. The van der Waals surface area contributed by atoms with Crippen LogP contribution in [0.2, 0.25) is 0 Å². The van der Waals surface area contributed by atoms with Crippen molar-refractivity contribution in [2.24, 2.45) is 0 Å². The normalized spacial score (nSPS) is 10.9. The van der Waals surface area contributed by atoms with E-state index in [-0.39, 0.29) is 0 Å². The fourth-order valence-electron chi connectivity index (χ4n) is 3.24. The molecule has 0 N–H and O–H groups in total. The van der Waals surface area contributed by atoms with E-state index in [1.54, 1.807) is 0 Å². The first-order valence-corrected chi connectivity index (χ1v) is 14.3. The standard InChI is InChI=1S/C28H40Br2O4/c1-5-9-13-31-25-17-21(23(29)19-27(25)33-15-11-7-3)22-18-26(32-14-10-6-2)28(20-24(22)30)34-16-12-8-4/h17-20H,5-16H2,1-4H3. The summed E-state index contributed by atoms with van der Waals surface area (Å²) in [5.74, 6) is 3.09. The number of hydrogen-bond donors (Lipinski definition) is 0. The van der Waals surface area contributed by atoms with Gasteiger partial charge in [0.25, 0.3) is 0 Å². The third-order valence-electron chi connectivity index (χ3n) is 5.38. The maximum absolute atomic E-state index is 6.15. The second-order valence-electron chi connectivity index (χ2n) is 8.37. The van der Waals surface area contributed by atoms with Crippen molar-refractivity contribution in [1.82, 2.24) is 0 Å². The van der Waals surface area contributed by atoms with Gasteiger partial charge in [-0.05, 0) is 49.9 Å². The van der Waals surface area contributed by atoms with Gasteiger partial charge in [-0.1, -0.05) is 85.2 Å². The van der Waals surface area contributed by atoms with Gasteiger partial charge in [0.1, 0.15) is 0 Å². The second-order valence-corrected chi connectivity index (χ2v) is 10.1. The molecule has 4 nitrogen and oxygen atoms in total. The van der Waals surface area contributed by atoms with Crippen LogP contribution in [0.1, 0.15) is 79.1 Å². The highest BCUT2D eigenvalue weighted by molar-refractivity contribution is 9.11. The Morgan fingerprint density at radius 2 is 0.735 bits per heavy atom. The molecule has 2 rings (SSSR count). The number of halogens is 2. The summed E-state index contributed by atoms with van der Waals surface area (Å²) in [6.07, 6.45) is 8.37. The summed E-state index contributed by atoms with van der Waals surface area (Å²) in [5.41, 5.74) is 2.03. The van der Waals surface area contributed by atoms with Crippen LogP contribution in [0, 0.1) is 0 Å². The van der Waals surface area contributed by atoms with Gasteiger partial charge in [-0.25, -0.2) is 0 Å². The van der Waals surface area contributed by atoms with Crippen molar-refractivity contribution < 1.29 is 18.9 Å². The Hall–Kier alpha value is -1.40. The zero-order valence-corrected chi connectivity index (χ0v) is 24.4. The molecule has 34 heavy (non-hydrogen) atoms. The van der Waals surface area contributed by atoms with Crippen LogP contribution in [0.4, 0.5) is 0 Å². The molecule has 0 fully saturated rings. The topological polar surface area (TPSA) is 36.9 Å². The van der Waals surface area contributed by atoms with Crippen LogP contribution in [0.15, 0.2) is 33.2 Å². The average Bonchev–Trinajstić information content (AvgIpc) is 2.82. The molecule has 0 aliphatic carbocycles. The van der Waals surface area contributed by atoms with Crippen LogP contribution in [0.25, 0.3) is 11.1 Å². The number of unbranched alkanes of at least 4 members (excludes halogenated alkanes) is 4. The SMILES string of the molecule is CCCCOc1cc(Br)c(-c2cc(OCCCC)c(OCCCC)cc2Br)cc1OCCCC. The molecular formula is C28H40Br2O4. The highest BCUT2D eigenvalue weighted by Crippen LogP contribution is 2.45. The molecule has 0 heterocycles. The molecular weight excluding hydrogens is 560 g/mol. The minimum atomic E-state index is 0.665. The molecule has 0 atom stereocenters. The molecule has 0 amide bonds. The van der Waals surface area contributed by atoms with E-state index in [2.05, 4.69) is 71.7 Å². The van der Waals surface area contributed by atoms with Crippen LogP contribution in [0.5, 0.6) is 23.0 Å². The quantitative estimate of drug-likeness (QED) is 0.170. The lowest BCUT2D eigenvalue weighted by Crippen LogP contribution is -2.04. The van der Waals surface area contributed by atoms with Crippen molar-refractivity contribution in [1.29, 1.82) is 0 Å². The highest BCUT2D eigenvalue weighted by Gasteiger charge is 2.18. The predicted molar refractivity (Wildman–Crippen MR) is 149 cm³/mol. The van der Waals surface area contributed by atoms with Crippen molar-refractivity contribution in [2.75, 3.05) is 26.4 Å². The van der Waals surface area contributed by atoms with E-state index in [1.807, 2.05) is 12.1 Å². The van der Waals surface area contributed by atoms with Gasteiger partial charge in [0, 0.05) is 20.1 Å². The Kier molecular flexibility index (Phi) is 13.8. The van der Waals surface area contributed by atoms with Crippen LogP contribution < -0.4 is 18.9 Å². The number of hydrogen-bond acceptors (Lipinski definition) is 4. The molecule has 0 aliphatic heterocycles. The third kappa shape index (κ3) is 8.99. The summed E-state index contributed by atoms with van der Waals surface area (Å²) in [7, 11) is 0. The zero-order valence-electron chi connectivity index (χ0n) is 21.2. The average molecular weight is 600 g/mol. The Labute approximate surface area is 223 Å². The smallest absolute Gasteiger partial charge is 0.162 e. The summed E-state index contributed by atoms with van der Waals surface area (Å²) in [5, 5.41) is 0. The van der Waals surface area contributed by atoms with E-state index < -0.39 is 0 Å². The number of rotatable bonds is 17. The van der Waals surface area contributed by atoms with E-state index in [9.17, 15) is 0 Å². The van der Waals surface area contributed by atoms with Gasteiger partial charge in [0.05, 0.1) is 26.4 Å². The van der Waals surface area contributed by atoms with Crippen LogP contribution >= 0.6 is 31.9 Å². The third-order valence-corrected chi connectivity index (χ3v) is 6.69. The molecule has 0 aromatic heterocycles. The first kappa shape index (κ1) is 28.8. The zero-order chi connectivity index (χ0) is 24.8. The van der Waals surface area contributed by atoms with E-state index >= 15 is 0 Å². The molecule has 0 saturated heterocycles. The summed E-state index contributed by atoms with van der Waals surface area (Å²) in [6, 6.07) is 8.16. The van der Waals surface area contributed by atoms with Crippen molar-refractivity contribution in [3.8, 4) is 34.1 Å². The number of benzene rings is 2. The lowest BCUT2D eigenvalue weighted by Gasteiger charge is -2.19. The first-order valence-electron chi connectivity index (χ1n) is 12.7. The van der Waals surface area contributed by atoms with E-state index in [1.165, 1.54) is 0 Å². The minimum Gasteiger partial charge on any atom is -0.490 e. The second kappa shape index (κ2) is 16.3. The maximum atomic E-state index is 6.15. The van der Waals surface area contributed by atoms with Crippen LogP contribution in [-0.2, 0) is 0 Å². The molecule has 190 valence electrons. The van der Waals surface area contributed by atoms with Gasteiger partial charge in [-0.15, -0.1) is 0 Å². The summed E-state index contributed by atoms with van der Waals surface area (Å²) < 4.78 is 26.3. The Morgan fingerprint density at radius 3 is 1.00 bits per heavy atom. The van der Waals surface area contributed by atoms with Crippen molar-refractivity contribution in [2.45, 2.75) is 79.1 Å². The Bertz CT molecular complexity index is 798. The van der Waals surface area contributed by atoms with E-state index in [0.29, 0.717) is 26.4 Å². The largest absolute Gasteiger partial charge is 0.490 e. The molecule has 0 bridgehead atoms. The van der Waals surface area contributed by atoms with Crippen LogP contribution in [-0.4, -0.2) is 26.4 Å². The van der Waals surface area contributed by atoms with Crippen molar-refractivity contribution in [3.63, 3.8) is 0 Å². The van der Waals surface area contributed by atoms with Gasteiger partial charge in [-0.3, -0.25) is 0 Å². The number of ether oxygens (including phenoxy) is 4. The summed E-state index contributed by atoms with van der Waals surface area (Å²) in [4.78, 5) is 0. The molecule has 0 unspecified atom stereocenters. The fraction of sp³-hybridized carbons (Fsp3) is 0.571. The van der Waals surface area contributed by atoms with Crippen molar-refractivity contribution >= 4 is 31.9 Å². The van der Waals surface area contributed by atoms with E-state index in [4.69, 9.17) is 18.9 Å². The highest BCUT2D eigenvalue weighted by atomic mass is 79.9. The Balaban J connectivity index is 2.45.